The van der Waals surface area contributed by atoms with Crippen molar-refractivity contribution in [3.8, 4) is 0 Å². The molecule has 6 unspecified atom stereocenters. The Morgan fingerprint density at radius 1 is 0.612 bits per heavy atom. The Morgan fingerprint density at radius 2 is 1.08 bits per heavy atom. The lowest BCUT2D eigenvalue weighted by molar-refractivity contribution is -0.141. The normalized spacial score (nSPS) is 14.7. The van der Waals surface area contributed by atoms with Crippen LogP contribution >= 0.6 is 0 Å². The maximum absolute atomic E-state index is 13.8. The van der Waals surface area contributed by atoms with Crippen LogP contribution < -0.4 is 38.1 Å². The van der Waals surface area contributed by atoms with E-state index in [4.69, 9.17) is 11.5 Å². The highest BCUT2D eigenvalue weighted by molar-refractivity contribution is 5.96. The first-order valence-electron chi connectivity index (χ1n) is 16.5. The van der Waals surface area contributed by atoms with E-state index in [1.165, 1.54) is 13.8 Å². The standard InChI is InChI=1S/C35H51N7O7/c1-21(2)29(42-30(43)22(3)38-31(44)26(37)17-11-12-18-36)34(47)41-28(20-25-15-9-6-10-16-25)33(46)40-27(19-24-13-7-5-8-14-24)32(45)39-23(4)35(48)49/h5-10,13-16,21-23,26-29H,11-12,17-20,36-37H2,1-4H3,(H,38,44)(H,39,45)(H,40,46)(H,41,47)(H,42,43)(H,48,49). The molecule has 0 saturated carbocycles. The number of carbonyl (C=O) groups is 6. The van der Waals surface area contributed by atoms with Crippen LogP contribution in [-0.4, -0.2) is 83.4 Å². The van der Waals surface area contributed by atoms with E-state index < -0.39 is 77.7 Å². The predicted molar refractivity (Wildman–Crippen MR) is 185 cm³/mol. The van der Waals surface area contributed by atoms with Crippen molar-refractivity contribution in [2.45, 2.75) is 96.1 Å². The van der Waals surface area contributed by atoms with Crippen LogP contribution in [0.15, 0.2) is 60.7 Å². The van der Waals surface area contributed by atoms with E-state index in [0.717, 1.165) is 17.5 Å². The van der Waals surface area contributed by atoms with E-state index >= 15 is 0 Å². The van der Waals surface area contributed by atoms with Crippen LogP contribution in [-0.2, 0) is 41.6 Å². The molecule has 10 N–H and O–H groups in total. The van der Waals surface area contributed by atoms with Gasteiger partial charge in [-0.05, 0) is 50.3 Å². The fraction of sp³-hybridized carbons (Fsp3) is 0.486. The Labute approximate surface area is 287 Å². The van der Waals surface area contributed by atoms with Crippen molar-refractivity contribution >= 4 is 35.5 Å². The second kappa shape index (κ2) is 20.5. The number of rotatable bonds is 20. The van der Waals surface area contributed by atoms with Gasteiger partial charge in [0.15, 0.2) is 0 Å². The maximum Gasteiger partial charge on any atom is 0.325 e. The summed E-state index contributed by atoms with van der Waals surface area (Å²) in [4.78, 5) is 77.8. The molecular formula is C35H51N7O7. The zero-order valence-corrected chi connectivity index (χ0v) is 28.6. The quantitative estimate of drug-likeness (QED) is 0.0886. The first-order valence-corrected chi connectivity index (χ1v) is 16.5. The largest absolute Gasteiger partial charge is 0.480 e. The number of nitrogens with two attached hydrogens (primary N) is 2. The van der Waals surface area contributed by atoms with Crippen LogP contribution in [0.2, 0.25) is 0 Å². The van der Waals surface area contributed by atoms with Crippen molar-refractivity contribution in [2.75, 3.05) is 6.54 Å². The second-order valence-corrected chi connectivity index (χ2v) is 12.4. The van der Waals surface area contributed by atoms with Crippen LogP contribution in [0.5, 0.6) is 0 Å². The molecule has 0 aromatic heterocycles. The third kappa shape index (κ3) is 14.1. The summed E-state index contributed by atoms with van der Waals surface area (Å²) in [6, 6.07) is 11.3. The zero-order chi connectivity index (χ0) is 36.5. The minimum absolute atomic E-state index is 0.0525. The highest BCUT2D eigenvalue weighted by atomic mass is 16.4. The van der Waals surface area contributed by atoms with Gasteiger partial charge in [0.25, 0.3) is 0 Å². The SMILES string of the molecule is CC(NC(=O)C(Cc1ccccc1)NC(=O)C(Cc1ccccc1)NC(=O)C(NC(=O)C(C)NC(=O)C(N)CCCCN)C(C)C)C(=O)O. The number of aliphatic carboxylic acids is 1. The summed E-state index contributed by atoms with van der Waals surface area (Å²) in [6.07, 6.45) is 1.90. The fourth-order valence-corrected chi connectivity index (χ4v) is 4.87. The van der Waals surface area contributed by atoms with E-state index in [2.05, 4.69) is 26.6 Å². The van der Waals surface area contributed by atoms with Crippen LogP contribution in [0.1, 0.15) is 58.1 Å². The number of carboxylic acid groups (broad SMARTS) is 1. The lowest BCUT2D eigenvalue weighted by atomic mass is 9.99. The van der Waals surface area contributed by atoms with Gasteiger partial charge < -0.3 is 43.2 Å². The molecular weight excluding hydrogens is 630 g/mol. The molecule has 268 valence electrons. The van der Waals surface area contributed by atoms with E-state index in [1.54, 1.807) is 74.5 Å². The molecule has 0 saturated heterocycles. The molecule has 0 bridgehead atoms. The topological polar surface area (TPSA) is 235 Å². The average molecular weight is 682 g/mol. The lowest BCUT2D eigenvalue weighted by Crippen LogP contribution is -2.60. The number of nitrogens with one attached hydrogen (secondary N) is 5. The van der Waals surface area contributed by atoms with Gasteiger partial charge >= 0.3 is 5.97 Å². The number of hydrogen-bond acceptors (Lipinski definition) is 8. The van der Waals surface area contributed by atoms with Gasteiger partial charge in [-0.1, -0.05) is 80.9 Å². The van der Waals surface area contributed by atoms with Gasteiger partial charge in [0.1, 0.15) is 30.2 Å². The zero-order valence-electron chi connectivity index (χ0n) is 28.6. The van der Waals surface area contributed by atoms with Gasteiger partial charge in [-0.2, -0.15) is 0 Å². The highest BCUT2D eigenvalue weighted by Gasteiger charge is 2.33. The smallest absolute Gasteiger partial charge is 0.325 e. The summed E-state index contributed by atoms with van der Waals surface area (Å²) in [5.74, 6) is -4.83. The Balaban J connectivity index is 2.25. The van der Waals surface area contributed by atoms with E-state index in [9.17, 15) is 33.9 Å². The molecule has 5 amide bonds. The van der Waals surface area contributed by atoms with Crippen molar-refractivity contribution < 1.29 is 33.9 Å². The Morgan fingerprint density at radius 3 is 1.55 bits per heavy atom. The average Bonchev–Trinajstić information content (AvgIpc) is 3.06. The Bertz CT molecular complexity index is 1390. The number of unbranched alkanes of at least 4 members (excludes halogenated alkanes) is 1. The molecule has 0 heterocycles. The highest BCUT2D eigenvalue weighted by Crippen LogP contribution is 2.10. The van der Waals surface area contributed by atoms with E-state index in [0.29, 0.717) is 19.4 Å². The predicted octanol–water partition coefficient (Wildman–Crippen LogP) is 0.133. The van der Waals surface area contributed by atoms with Crippen molar-refractivity contribution in [2.24, 2.45) is 17.4 Å². The molecule has 0 aliphatic carbocycles. The summed E-state index contributed by atoms with van der Waals surface area (Å²) in [5.41, 5.74) is 12.9. The summed E-state index contributed by atoms with van der Waals surface area (Å²) < 4.78 is 0. The summed E-state index contributed by atoms with van der Waals surface area (Å²) in [5, 5.41) is 22.4. The molecule has 2 aromatic carbocycles. The van der Waals surface area contributed by atoms with Gasteiger partial charge in [-0.3, -0.25) is 28.8 Å². The maximum atomic E-state index is 13.8. The first kappa shape index (κ1) is 40.4. The first-order chi connectivity index (χ1) is 23.2. The third-order valence-electron chi connectivity index (χ3n) is 7.87. The number of benzene rings is 2. The number of carbonyl (C=O) groups excluding carboxylic acids is 5. The van der Waals surface area contributed by atoms with Gasteiger partial charge in [-0.25, -0.2) is 0 Å². The number of amides is 5. The van der Waals surface area contributed by atoms with Crippen molar-refractivity contribution in [1.82, 2.24) is 26.6 Å². The molecule has 0 aliphatic heterocycles. The van der Waals surface area contributed by atoms with Crippen LogP contribution in [0.25, 0.3) is 0 Å². The molecule has 0 spiro atoms. The monoisotopic (exact) mass is 681 g/mol. The molecule has 6 atom stereocenters. The molecule has 0 aliphatic rings. The van der Waals surface area contributed by atoms with Gasteiger partial charge in [-0.15, -0.1) is 0 Å². The third-order valence-corrected chi connectivity index (χ3v) is 7.87. The van der Waals surface area contributed by atoms with Crippen molar-refractivity contribution in [3.63, 3.8) is 0 Å². The molecule has 14 nitrogen and oxygen atoms in total. The van der Waals surface area contributed by atoms with Crippen molar-refractivity contribution in [1.29, 1.82) is 0 Å². The number of carboxylic acids is 1. The summed E-state index contributed by atoms with van der Waals surface area (Å²) in [7, 11) is 0. The van der Waals surface area contributed by atoms with Crippen molar-refractivity contribution in [3.05, 3.63) is 71.8 Å². The molecule has 49 heavy (non-hydrogen) atoms. The van der Waals surface area contributed by atoms with Gasteiger partial charge in [0.2, 0.25) is 29.5 Å². The van der Waals surface area contributed by atoms with Gasteiger partial charge in [0.05, 0.1) is 6.04 Å². The van der Waals surface area contributed by atoms with Crippen LogP contribution in [0.3, 0.4) is 0 Å². The van der Waals surface area contributed by atoms with Crippen LogP contribution in [0.4, 0.5) is 0 Å². The summed E-state index contributed by atoms with van der Waals surface area (Å²) >= 11 is 0. The van der Waals surface area contributed by atoms with Gasteiger partial charge in [0, 0.05) is 12.8 Å². The fourth-order valence-electron chi connectivity index (χ4n) is 4.87. The second-order valence-electron chi connectivity index (χ2n) is 12.4. The number of hydrogen-bond donors (Lipinski definition) is 8. The molecule has 14 heteroatoms. The molecule has 0 fully saturated rings. The van der Waals surface area contributed by atoms with Crippen LogP contribution in [0, 0.1) is 5.92 Å². The summed E-state index contributed by atoms with van der Waals surface area (Å²) in [6.45, 7) is 6.71. The lowest BCUT2D eigenvalue weighted by Gasteiger charge is -2.28. The van der Waals surface area contributed by atoms with E-state index in [-0.39, 0.29) is 12.8 Å². The molecule has 2 rings (SSSR count). The Hall–Kier alpha value is -4.82. The Kier molecular flexibility index (Phi) is 16.9. The minimum Gasteiger partial charge on any atom is -0.480 e. The van der Waals surface area contributed by atoms with E-state index in [1.807, 2.05) is 0 Å². The molecule has 0 radical (unpaired) electrons. The molecule has 2 aromatic rings. The minimum atomic E-state index is -1.24.